The quantitative estimate of drug-likeness (QED) is 0.445. The van der Waals surface area contributed by atoms with E-state index >= 15 is 0 Å². The molecule has 2 aromatic rings. The van der Waals surface area contributed by atoms with Crippen molar-refractivity contribution in [2.45, 2.75) is 66.0 Å². The first-order chi connectivity index (χ1) is 18.8. The zero-order valence-electron chi connectivity index (χ0n) is 24.5. The molecule has 1 fully saturated rings. The van der Waals surface area contributed by atoms with E-state index in [0.717, 1.165) is 12.8 Å². The summed E-state index contributed by atoms with van der Waals surface area (Å²) in [7, 11) is 0. The maximum absolute atomic E-state index is 13.7. The molecule has 2 aromatic carbocycles. The van der Waals surface area contributed by atoms with Crippen molar-refractivity contribution in [2.75, 3.05) is 19.6 Å². The molecule has 0 aromatic heterocycles. The molecule has 40 heavy (non-hydrogen) atoms. The van der Waals surface area contributed by atoms with Crippen LogP contribution < -0.4 is 10.6 Å². The summed E-state index contributed by atoms with van der Waals surface area (Å²) in [6.07, 6.45) is 5.09. The fourth-order valence-corrected chi connectivity index (χ4v) is 5.02. The van der Waals surface area contributed by atoms with E-state index in [9.17, 15) is 14.4 Å². The first-order valence-corrected chi connectivity index (χ1v) is 14.0. The van der Waals surface area contributed by atoms with Gasteiger partial charge in [-0.25, -0.2) is 4.79 Å². The molecule has 0 unspecified atom stereocenters. The van der Waals surface area contributed by atoms with Gasteiger partial charge in [-0.2, -0.15) is 0 Å². The third-order valence-electron chi connectivity index (χ3n) is 7.07. The minimum absolute atomic E-state index is 0.00888. The van der Waals surface area contributed by atoms with Crippen molar-refractivity contribution < 1.29 is 19.1 Å². The Morgan fingerprint density at radius 3 is 1.88 bits per heavy atom. The third kappa shape index (κ3) is 7.00. The van der Waals surface area contributed by atoms with Gasteiger partial charge in [0.05, 0.1) is 0 Å². The molecule has 1 heterocycles. The highest BCUT2D eigenvalue weighted by Crippen LogP contribution is 2.38. The lowest BCUT2D eigenvalue weighted by Crippen LogP contribution is -2.56. The lowest BCUT2D eigenvalue weighted by atomic mass is 9.86. The van der Waals surface area contributed by atoms with Crippen LogP contribution in [0.4, 0.5) is 4.79 Å². The number of hydrogen-bond acceptors (Lipinski definition) is 4. The average molecular weight is 544 g/mol. The molecular formula is C33H41N3O4. The Morgan fingerprint density at radius 2 is 1.38 bits per heavy atom. The Hall–Kier alpha value is -3.87. The number of benzene rings is 2. The number of piperidine rings is 1. The molecule has 212 valence electrons. The van der Waals surface area contributed by atoms with E-state index in [1.165, 1.54) is 33.4 Å². The van der Waals surface area contributed by atoms with Crippen LogP contribution in [0, 0.1) is 5.41 Å². The molecule has 0 saturated carbocycles. The summed E-state index contributed by atoms with van der Waals surface area (Å²) in [5.41, 5.74) is 5.98. The molecule has 0 spiro atoms. The summed E-state index contributed by atoms with van der Waals surface area (Å²) >= 11 is 0. The number of nitrogens with one attached hydrogen (secondary N) is 2. The number of carbonyl (C=O) groups excluding carboxylic acids is 3. The van der Waals surface area contributed by atoms with Gasteiger partial charge in [-0.15, -0.1) is 0 Å². The number of carbonyl (C=O) groups is 3. The molecule has 7 nitrogen and oxygen atoms in total. The Labute approximate surface area is 237 Å². The summed E-state index contributed by atoms with van der Waals surface area (Å²) in [5, 5.41) is 5.53. The Morgan fingerprint density at radius 1 is 0.850 bits per heavy atom. The van der Waals surface area contributed by atoms with Crippen molar-refractivity contribution >= 4 is 35.6 Å². The van der Waals surface area contributed by atoms with Crippen molar-refractivity contribution in [2.24, 2.45) is 5.41 Å². The highest BCUT2D eigenvalue weighted by atomic mass is 16.6. The van der Waals surface area contributed by atoms with Crippen LogP contribution in [0.25, 0.3) is 17.7 Å². The first kappa shape index (κ1) is 29.1. The number of alkyl carbamates (subject to hydrolysis) is 1. The number of likely N-dealkylation sites (tertiary alicyclic amines) is 1. The second kappa shape index (κ2) is 11.7. The highest BCUT2D eigenvalue weighted by Gasteiger charge is 2.32. The average Bonchev–Trinajstić information content (AvgIpc) is 3.06. The van der Waals surface area contributed by atoms with E-state index in [0.29, 0.717) is 13.1 Å². The lowest BCUT2D eigenvalue weighted by Gasteiger charge is -2.34. The van der Waals surface area contributed by atoms with Gasteiger partial charge in [-0.1, -0.05) is 87.0 Å². The smallest absolute Gasteiger partial charge is 0.408 e. The van der Waals surface area contributed by atoms with Crippen molar-refractivity contribution in [1.29, 1.82) is 0 Å². The van der Waals surface area contributed by atoms with E-state index in [2.05, 4.69) is 71.3 Å². The van der Waals surface area contributed by atoms with Crippen molar-refractivity contribution in [1.82, 2.24) is 15.5 Å². The van der Waals surface area contributed by atoms with Gasteiger partial charge in [0.25, 0.3) is 0 Å². The van der Waals surface area contributed by atoms with E-state index in [1.807, 2.05) is 0 Å². The van der Waals surface area contributed by atoms with E-state index in [4.69, 9.17) is 4.74 Å². The Kier molecular flexibility index (Phi) is 8.52. The van der Waals surface area contributed by atoms with E-state index in [-0.39, 0.29) is 18.4 Å². The molecule has 2 aliphatic rings. The van der Waals surface area contributed by atoms with E-state index < -0.39 is 23.2 Å². The molecule has 7 heteroatoms. The van der Waals surface area contributed by atoms with Crippen LogP contribution in [-0.4, -0.2) is 54.1 Å². The largest absolute Gasteiger partial charge is 0.444 e. The fourth-order valence-electron chi connectivity index (χ4n) is 5.02. The van der Waals surface area contributed by atoms with Crippen LogP contribution >= 0.6 is 0 Å². The minimum atomic E-state index is -0.932. The van der Waals surface area contributed by atoms with Crippen molar-refractivity contribution in [3.8, 4) is 0 Å². The summed E-state index contributed by atoms with van der Waals surface area (Å²) < 4.78 is 5.41. The van der Waals surface area contributed by atoms with Gasteiger partial charge in [0, 0.05) is 25.0 Å². The fraction of sp³-hybridized carbons (Fsp3) is 0.424. The SMILES string of the molecule is CC(C)(C)OC(=O)N[C@@H](CNC(=O)C(C)(C)C)C(=O)N1CCC(=C2c3ccccc3C=Cc3ccccc32)CC1. The van der Waals surface area contributed by atoms with Crippen LogP contribution in [0.15, 0.2) is 54.1 Å². The van der Waals surface area contributed by atoms with Crippen LogP contribution in [0.5, 0.6) is 0 Å². The van der Waals surface area contributed by atoms with Gasteiger partial charge < -0.3 is 20.3 Å². The molecular weight excluding hydrogens is 502 g/mol. The number of fused-ring (bicyclic) bond motifs is 2. The monoisotopic (exact) mass is 543 g/mol. The normalized spacial score (nSPS) is 15.9. The highest BCUT2D eigenvalue weighted by molar-refractivity contribution is 5.95. The molecule has 1 saturated heterocycles. The number of rotatable bonds is 4. The number of hydrogen-bond donors (Lipinski definition) is 2. The molecule has 1 aliphatic carbocycles. The predicted molar refractivity (Wildman–Crippen MR) is 159 cm³/mol. The zero-order valence-corrected chi connectivity index (χ0v) is 24.5. The maximum Gasteiger partial charge on any atom is 0.408 e. The molecule has 3 amide bonds. The minimum Gasteiger partial charge on any atom is -0.444 e. The summed E-state index contributed by atoms with van der Waals surface area (Å²) in [5.74, 6) is -0.422. The van der Waals surface area contributed by atoms with Crippen LogP contribution in [0.2, 0.25) is 0 Å². The molecule has 1 aliphatic heterocycles. The third-order valence-corrected chi connectivity index (χ3v) is 7.07. The predicted octanol–water partition coefficient (Wildman–Crippen LogP) is 5.65. The first-order valence-electron chi connectivity index (χ1n) is 14.0. The lowest BCUT2D eigenvalue weighted by molar-refractivity contribution is -0.134. The molecule has 4 rings (SSSR count). The summed E-state index contributed by atoms with van der Waals surface area (Å²) in [6.45, 7) is 11.8. The second-order valence-electron chi connectivity index (χ2n) is 12.5. The molecule has 1 atom stereocenters. The van der Waals surface area contributed by atoms with Crippen molar-refractivity contribution in [3.05, 3.63) is 76.4 Å². The maximum atomic E-state index is 13.7. The second-order valence-corrected chi connectivity index (χ2v) is 12.5. The van der Waals surface area contributed by atoms with Crippen LogP contribution in [0.3, 0.4) is 0 Å². The van der Waals surface area contributed by atoms with Gasteiger partial charge in [-0.3, -0.25) is 9.59 Å². The number of nitrogens with zero attached hydrogens (tertiary/aromatic N) is 1. The molecule has 2 N–H and O–H groups in total. The summed E-state index contributed by atoms with van der Waals surface area (Å²) in [4.78, 5) is 40.6. The molecule has 0 bridgehead atoms. The van der Waals surface area contributed by atoms with Gasteiger partial charge in [0.2, 0.25) is 11.8 Å². The van der Waals surface area contributed by atoms with Crippen molar-refractivity contribution in [3.63, 3.8) is 0 Å². The Balaban J connectivity index is 1.55. The van der Waals surface area contributed by atoms with Gasteiger partial charge in [0.1, 0.15) is 11.6 Å². The number of amides is 3. The van der Waals surface area contributed by atoms with Crippen LogP contribution in [0.1, 0.15) is 76.6 Å². The zero-order chi connectivity index (χ0) is 29.1. The molecule has 0 radical (unpaired) electrons. The summed E-state index contributed by atoms with van der Waals surface area (Å²) in [6, 6.07) is 15.9. The van der Waals surface area contributed by atoms with Gasteiger partial charge in [0.15, 0.2) is 0 Å². The topological polar surface area (TPSA) is 87.7 Å². The van der Waals surface area contributed by atoms with Crippen LogP contribution in [-0.2, 0) is 14.3 Å². The van der Waals surface area contributed by atoms with E-state index in [1.54, 1.807) is 46.4 Å². The van der Waals surface area contributed by atoms with Gasteiger partial charge in [-0.05, 0) is 61.4 Å². The Bertz CT molecular complexity index is 1280. The standard InChI is InChI=1S/C33H41N3O4/c1-32(2,3)30(38)34-21-27(35-31(39)40-33(4,5)6)29(37)36-19-17-24(18-20-36)28-25-13-9-7-11-22(25)15-16-23-12-8-10-14-26(23)28/h7-16,27H,17-21H2,1-6H3,(H,34,38)(H,35,39)/t27-/m0/s1. The van der Waals surface area contributed by atoms with Gasteiger partial charge >= 0.3 is 6.09 Å². The number of ether oxygens (including phenoxy) is 1.